The van der Waals surface area contributed by atoms with Crippen molar-refractivity contribution in [2.24, 2.45) is 5.73 Å². The van der Waals surface area contributed by atoms with Gasteiger partial charge >= 0.3 is 0 Å². The SMILES string of the molecule is Cc1cc(CNS(=O)(=O)c2cc(F)ccc2CN)on1. The third-order valence-electron chi connectivity index (χ3n) is 2.65. The smallest absolute Gasteiger partial charge is 0.241 e. The van der Waals surface area contributed by atoms with Crippen molar-refractivity contribution >= 4 is 10.0 Å². The molecule has 2 rings (SSSR count). The molecule has 0 fully saturated rings. The molecule has 8 heteroatoms. The number of rotatable bonds is 5. The number of nitrogens with one attached hydrogen (secondary N) is 1. The first-order valence-electron chi connectivity index (χ1n) is 5.83. The Hall–Kier alpha value is -1.77. The van der Waals surface area contributed by atoms with Crippen molar-refractivity contribution < 1.29 is 17.3 Å². The van der Waals surface area contributed by atoms with Crippen LogP contribution in [-0.4, -0.2) is 13.6 Å². The minimum atomic E-state index is -3.87. The third kappa shape index (κ3) is 3.21. The Labute approximate surface area is 115 Å². The highest BCUT2D eigenvalue weighted by atomic mass is 32.2. The predicted octanol–water partition coefficient (Wildman–Crippen LogP) is 1.06. The molecule has 0 saturated carbocycles. The van der Waals surface area contributed by atoms with Crippen LogP contribution in [0.25, 0.3) is 0 Å². The Morgan fingerprint density at radius 1 is 1.40 bits per heavy atom. The Morgan fingerprint density at radius 3 is 2.75 bits per heavy atom. The second kappa shape index (κ2) is 5.70. The molecule has 0 radical (unpaired) electrons. The molecule has 2 aromatic rings. The fourth-order valence-electron chi connectivity index (χ4n) is 1.69. The van der Waals surface area contributed by atoms with E-state index in [0.717, 1.165) is 6.07 Å². The molecule has 6 nitrogen and oxygen atoms in total. The van der Waals surface area contributed by atoms with Gasteiger partial charge in [0.1, 0.15) is 5.82 Å². The van der Waals surface area contributed by atoms with E-state index in [1.165, 1.54) is 12.1 Å². The van der Waals surface area contributed by atoms with Gasteiger partial charge in [-0.3, -0.25) is 0 Å². The monoisotopic (exact) mass is 299 g/mol. The van der Waals surface area contributed by atoms with E-state index in [2.05, 4.69) is 9.88 Å². The molecule has 0 aliphatic carbocycles. The van der Waals surface area contributed by atoms with E-state index in [0.29, 0.717) is 17.0 Å². The summed E-state index contributed by atoms with van der Waals surface area (Å²) in [6.07, 6.45) is 0. The predicted molar refractivity (Wildman–Crippen MR) is 69.6 cm³/mol. The molecule has 0 aliphatic rings. The lowest BCUT2D eigenvalue weighted by Gasteiger charge is -2.09. The van der Waals surface area contributed by atoms with Crippen LogP contribution in [-0.2, 0) is 23.1 Å². The number of sulfonamides is 1. The lowest BCUT2D eigenvalue weighted by Crippen LogP contribution is -2.24. The van der Waals surface area contributed by atoms with Gasteiger partial charge in [-0.05, 0) is 24.6 Å². The Morgan fingerprint density at radius 2 is 2.15 bits per heavy atom. The largest absolute Gasteiger partial charge is 0.360 e. The van der Waals surface area contributed by atoms with Gasteiger partial charge in [0.25, 0.3) is 0 Å². The summed E-state index contributed by atoms with van der Waals surface area (Å²) < 4.78 is 44.7. The molecule has 0 bridgehead atoms. The molecule has 0 saturated heterocycles. The Balaban J connectivity index is 2.24. The molecule has 0 amide bonds. The number of hydrogen-bond acceptors (Lipinski definition) is 5. The number of benzene rings is 1. The highest BCUT2D eigenvalue weighted by molar-refractivity contribution is 7.89. The van der Waals surface area contributed by atoms with E-state index in [1.54, 1.807) is 13.0 Å². The number of hydrogen-bond donors (Lipinski definition) is 2. The average Bonchev–Trinajstić information content (AvgIpc) is 2.82. The van der Waals surface area contributed by atoms with Gasteiger partial charge in [-0.2, -0.15) is 0 Å². The standard InChI is InChI=1S/C12H14FN3O3S/c1-8-4-11(19-16-8)7-15-20(17,18)12-5-10(13)3-2-9(12)6-14/h2-5,15H,6-7,14H2,1H3. The summed E-state index contributed by atoms with van der Waals surface area (Å²) in [5.41, 5.74) is 6.45. The highest BCUT2D eigenvalue weighted by Crippen LogP contribution is 2.17. The van der Waals surface area contributed by atoms with Crippen LogP contribution in [0.2, 0.25) is 0 Å². The number of aromatic nitrogens is 1. The summed E-state index contributed by atoms with van der Waals surface area (Å²) in [4.78, 5) is -0.170. The third-order valence-corrected chi connectivity index (χ3v) is 4.14. The van der Waals surface area contributed by atoms with Crippen LogP contribution in [0.1, 0.15) is 17.0 Å². The maximum absolute atomic E-state index is 13.2. The summed E-state index contributed by atoms with van der Waals surface area (Å²) in [6.45, 7) is 1.65. The van der Waals surface area contributed by atoms with Gasteiger partial charge < -0.3 is 10.3 Å². The number of nitrogens with zero attached hydrogens (tertiary/aromatic N) is 1. The molecule has 0 spiro atoms. The summed E-state index contributed by atoms with van der Waals surface area (Å²) >= 11 is 0. The maximum atomic E-state index is 13.2. The van der Waals surface area contributed by atoms with E-state index in [9.17, 15) is 12.8 Å². The van der Waals surface area contributed by atoms with Crippen LogP contribution in [0.15, 0.2) is 33.7 Å². The summed E-state index contributed by atoms with van der Waals surface area (Å²) in [7, 11) is -3.87. The topological polar surface area (TPSA) is 98.2 Å². The normalized spacial score (nSPS) is 11.8. The van der Waals surface area contributed by atoms with E-state index in [1.807, 2.05) is 0 Å². The summed E-state index contributed by atoms with van der Waals surface area (Å²) in [5.74, 6) is -0.269. The van der Waals surface area contributed by atoms with Crippen molar-refractivity contribution in [3.8, 4) is 0 Å². The highest BCUT2D eigenvalue weighted by Gasteiger charge is 2.19. The Bertz CT molecular complexity index is 712. The molecule has 1 aromatic heterocycles. The molecular weight excluding hydrogens is 285 g/mol. The van der Waals surface area contributed by atoms with E-state index < -0.39 is 15.8 Å². The lowest BCUT2D eigenvalue weighted by atomic mass is 10.2. The molecule has 0 unspecified atom stereocenters. The van der Waals surface area contributed by atoms with Gasteiger partial charge in [-0.15, -0.1) is 0 Å². The van der Waals surface area contributed by atoms with Crippen LogP contribution in [0.5, 0.6) is 0 Å². The first-order chi connectivity index (χ1) is 9.42. The number of nitrogens with two attached hydrogens (primary N) is 1. The fraction of sp³-hybridized carbons (Fsp3) is 0.250. The quantitative estimate of drug-likeness (QED) is 0.860. The molecule has 3 N–H and O–H groups in total. The van der Waals surface area contributed by atoms with Gasteiger partial charge in [-0.25, -0.2) is 17.5 Å². The molecule has 1 aromatic carbocycles. The van der Waals surface area contributed by atoms with Crippen LogP contribution in [0.3, 0.4) is 0 Å². The van der Waals surface area contributed by atoms with E-state index >= 15 is 0 Å². The molecule has 0 atom stereocenters. The van der Waals surface area contributed by atoms with Crippen molar-refractivity contribution in [1.82, 2.24) is 9.88 Å². The van der Waals surface area contributed by atoms with Gasteiger partial charge in [0.2, 0.25) is 10.0 Å². The van der Waals surface area contributed by atoms with E-state index in [-0.39, 0.29) is 18.0 Å². The van der Waals surface area contributed by atoms with Crippen molar-refractivity contribution in [2.45, 2.75) is 24.9 Å². The zero-order valence-electron chi connectivity index (χ0n) is 10.8. The summed E-state index contributed by atoms with van der Waals surface area (Å²) in [5, 5.41) is 3.65. The van der Waals surface area contributed by atoms with Crippen molar-refractivity contribution in [1.29, 1.82) is 0 Å². The second-order valence-electron chi connectivity index (χ2n) is 4.22. The van der Waals surface area contributed by atoms with Crippen LogP contribution in [0, 0.1) is 12.7 Å². The van der Waals surface area contributed by atoms with Crippen LogP contribution in [0.4, 0.5) is 4.39 Å². The van der Waals surface area contributed by atoms with Crippen molar-refractivity contribution in [3.63, 3.8) is 0 Å². The van der Waals surface area contributed by atoms with Crippen LogP contribution >= 0.6 is 0 Å². The van der Waals surface area contributed by atoms with Gasteiger partial charge in [0.05, 0.1) is 17.1 Å². The number of halogens is 1. The van der Waals surface area contributed by atoms with Gasteiger partial charge in [0, 0.05) is 12.6 Å². The minimum Gasteiger partial charge on any atom is -0.360 e. The van der Waals surface area contributed by atoms with E-state index in [4.69, 9.17) is 10.3 Å². The Kier molecular flexibility index (Phi) is 4.17. The second-order valence-corrected chi connectivity index (χ2v) is 5.95. The molecule has 1 heterocycles. The number of aryl methyl sites for hydroxylation is 1. The average molecular weight is 299 g/mol. The molecule has 108 valence electrons. The molecule has 20 heavy (non-hydrogen) atoms. The fourth-order valence-corrected chi connectivity index (χ4v) is 2.94. The zero-order chi connectivity index (χ0) is 14.8. The van der Waals surface area contributed by atoms with Crippen molar-refractivity contribution in [2.75, 3.05) is 0 Å². The van der Waals surface area contributed by atoms with Crippen LogP contribution < -0.4 is 10.5 Å². The van der Waals surface area contributed by atoms with Gasteiger partial charge in [-0.1, -0.05) is 11.2 Å². The van der Waals surface area contributed by atoms with Crippen molar-refractivity contribution in [3.05, 3.63) is 47.1 Å². The van der Waals surface area contributed by atoms with Gasteiger partial charge in [0.15, 0.2) is 5.76 Å². The first kappa shape index (κ1) is 14.6. The lowest BCUT2D eigenvalue weighted by molar-refractivity contribution is 0.377. The maximum Gasteiger partial charge on any atom is 0.241 e. The zero-order valence-corrected chi connectivity index (χ0v) is 11.6. The first-order valence-corrected chi connectivity index (χ1v) is 7.31. The molecular formula is C12H14FN3O3S. The summed E-state index contributed by atoms with van der Waals surface area (Å²) in [6, 6.07) is 5.07. The minimum absolute atomic E-state index is 0.00204. The molecule has 0 aliphatic heterocycles.